The lowest BCUT2D eigenvalue weighted by molar-refractivity contribution is 0.0472. The average molecular weight is 227 g/mol. The first-order valence-electron chi connectivity index (χ1n) is 4.90. The second-order valence-corrected chi connectivity index (χ2v) is 5.57. The third-order valence-corrected chi connectivity index (χ3v) is 2.88. The number of nitrogens with two attached hydrogens (primary N) is 1. The number of anilines is 1. The molecule has 0 saturated heterocycles. The smallest absolute Gasteiger partial charge is 0.350 e. The number of nitrogen functional groups attached to an aromatic ring is 1. The van der Waals surface area contributed by atoms with E-state index >= 15 is 0 Å². The Morgan fingerprint density at radius 3 is 2.67 bits per heavy atom. The normalized spacial score (nSPS) is 11.4. The zero-order chi connectivity index (χ0) is 11.5. The van der Waals surface area contributed by atoms with E-state index in [0.29, 0.717) is 17.2 Å². The quantitative estimate of drug-likeness (QED) is 0.808. The van der Waals surface area contributed by atoms with Gasteiger partial charge in [-0.3, -0.25) is 0 Å². The van der Waals surface area contributed by atoms with Crippen molar-refractivity contribution in [1.82, 2.24) is 0 Å². The molecule has 0 aliphatic rings. The number of carbonyl (C=O) groups is 1. The third-order valence-electron chi connectivity index (χ3n) is 1.97. The first kappa shape index (κ1) is 12.0. The van der Waals surface area contributed by atoms with E-state index in [2.05, 4.69) is 20.8 Å². The summed E-state index contributed by atoms with van der Waals surface area (Å²) in [5, 5.41) is 1.79. The molecule has 0 amide bonds. The van der Waals surface area contributed by atoms with Crippen LogP contribution >= 0.6 is 11.3 Å². The summed E-state index contributed by atoms with van der Waals surface area (Å²) >= 11 is 1.32. The maximum absolute atomic E-state index is 11.5. The molecule has 0 aliphatic heterocycles. The molecule has 0 aliphatic carbocycles. The second-order valence-electron chi connectivity index (χ2n) is 4.65. The second kappa shape index (κ2) is 4.66. The standard InChI is InChI=1S/C11H17NO2S/c1-11(2,3)5-6-14-10(13)9-8(12)4-7-15-9/h4,7H,5-6,12H2,1-3H3. The number of rotatable bonds is 3. The van der Waals surface area contributed by atoms with Crippen LogP contribution in [0.15, 0.2) is 11.4 Å². The zero-order valence-electron chi connectivity index (χ0n) is 9.37. The van der Waals surface area contributed by atoms with Crippen molar-refractivity contribution in [1.29, 1.82) is 0 Å². The molecule has 15 heavy (non-hydrogen) atoms. The van der Waals surface area contributed by atoms with Crippen LogP contribution in [0.25, 0.3) is 0 Å². The SMILES string of the molecule is CC(C)(C)CCOC(=O)c1sccc1N. The van der Waals surface area contributed by atoms with Crippen molar-refractivity contribution in [2.75, 3.05) is 12.3 Å². The Kier molecular flexibility index (Phi) is 3.74. The molecule has 0 bridgehead atoms. The zero-order valence-corrected chi connectivity index (χ0v) is 10.2. The molecule has 3 nitrogen and oxygen atoms in total. The Bertz CT molecular complexity index is 339. The molecule has 0 atom stereocenters. The van der Waals surface area contributed by atoms with E-state index in [1.807, 2.05) is 0 Å². The summed E-state index contributed by atoms with van der Waals surface area (Å²) in [6, 6.07) is 1.71. The molecule has 2 N–H and O–H groups in total. The minimum Gasteiger partial charge on any atom is -0.461 e. The van der Waals surface area contributed by atoms with Crippen molar-refractivity contribution in [3.63, 3.8) is 0 Å². The summed E-state index contributed by atoms with van der Waals surface area (Å²) in [5.41, 5.74) is 6.29. The van der Waals surface area contributed by atoms with Gasteiger partial charge in [-0.2, -0.15) is 0 Å². The molecule has 1 aromatic rings. The van der Waals surface area contributed by atoms with Crippen LogP contribution in [0.2, 0.25) is 0 Å². The maximum atomic E-state index is 11.5. The van der Waals surface area contributed by atoms with Gasteiger partial charge in [0.1, 0.15) is 4.88 Å². The van der Waals surface area contributed by atoms with Crippen LogP contribution in [0.1, 0.15) is 36.9 Å². The highest BCUT2D eigenvalue weighted by Gasteiger charge is 2.15. The summed E-state index contributed by atoms with van der Waals surface area (Å²) in [6.07, 6.45) is 0.851. The molecule has 0 unspecified atom stereocenters. The fraction of sp³-hybridized carbons (Fsp3) is 0.545. The van der Waals surface area contributed by atoms with Gasteiger partial charge in [0, 0.05) is 0 Å². The average Bonchev–Trinajstić information content (AvgIpc) is 2.48. The molecule has 0 aromatic carbocycles. The topological polar surface area (TPSA) is 52.3 Å². The maximum Gasteiger partial charge on any atom is 0.350 e. The lowest BCUT2D eigenvalue weighted by Crippen LogP contribution is -2.13. The third kappa shape index (κ3) is 3.91. The van der Waals surface area contributed by atoms with Gasteiger partial charge in [0.05, 0.1) is 12.3 Å². The van der Waals surface area contributed by atoms with Crippen LogP contribution in [0, 0.1) is 5.41 Å². The summed E-state index contributed by atoms with van der Waals surface area (Å²) in [7, 11) is 0. The van der Waals surface area contributed by atoms with E-state index < -0.39 is 0 Å². The van der Waals surface area contributed by atoms with Gasteiger partial charge in [-0.1, -0.05) is 20.8 Å². The molecular weight excluding hydrogens is 210 g/mol. The molecule has 0 spiro atoms. The number of hydrogen-bond donors (Lipinski definition) is 1. The predicted octanol–water partition coefficient (Wildman–Crippen LogP) is 2.92. The molecule has 0 fully saturated rings. The van der Waals surface area contributed by atoms with Gasteiger partial charge >= 0.3 is 5.97 Å². The Morgan fingerprint density at radius 2 is 2.20 bits per heavy atom. The fourth-order valence-corrected chi connectivity index (χ4v) is 1.71. The Morgan fingerprint density at radius 1 is 1.53 bits per heavy atom. The lowest BCUT2D eigenvalue weighted by Gasteiger charge is -2.17. The van der Waals surface area contributed by atoms with Gasteiger partial charge in [-0.25, -0.2) is 4.79 Å². The molecule has 1 heterocycles. The predicted molar refractivity (Wildman–Crippen MR) is 63.1 cm³/mol. The minimum atomic E-state index is -0.313. The van der Waals surface area contributed by atoms with Crippen LogP contribution in [0.3, 0.4) is 0 Å². The summed E-state index contributed by atoms with van der Waals surface area (Å²) in [5.74, 6) is -0.313. The van der Waals surface area contributed by atoms with Crippen LogP contribution < -0.4 is 5.73 Å². The van der Waals surface area contributed by atoms with Crippen molar-refractivity contribution in [2.45, 2.75) is 27.2 Å². The van der Waals surface area contributed by atoms with E-state index in [1.165, 1.54) is 11.3 Å². The minimum absolute atomic E-state index is 0.182. The van der Waals surface area contributed by atoms with Gasteiger partial charge in [-0.15, -0.1) is 11.3 Å². The van der Waals surface area contributed by atoms with Crippen molar-refractivity contribution >= 4 is 23.0 Å². The fourth-order valence-electron chi connectivity index (χ4n) is 1.00. The van der Waals surface area contributed by atoms with Crippen LogP contribution in [0.5, 0.6) is 0 Å². The largest absolute Gasteiger partial charge is 0.461 e. The van der Waals surface area contributed by atoms with Crippen molar-refractivity contribution in [3.05, 3.63) is 16.3 Å². The lowest BCUT2D eigenvalue weighted by atomic mass is 9.93. The monoisotopic (exact) mass is 227 g/mol. The van der Waals surface area contributed by atoms with Crippen LogP contribution in [0.4, 0.5) is 5.69 Å². The van der Waals surface area contributed by atoms with Crippen molar-refractivity contribution in [2.24, 2.45) is 5.41 Å². The molecule has 1 rings (SSSR count). The van der Waals surface area contributed by atoms with E-state index in [4.69, 9.17) is 10.5 Å². The van der Waals surface area contributed by atoms with Crippen molar-refractivity contribution in [3.8, 4) is 0 Å². The Labute approximate surface area is 94.2 Å². The summed E-state index contributed by atoms with van der Waals surface area (Å²) < 4.78 is 5.13. The highest BCUT2D eigenvalue weighted by atomic mass is 32.1. The number of thiophene rings is 1. The van der Waals surface area contributed by atoms with E-state index in [-0.39, 0.29) is 11.4 Å². The van der Waals surface area contributed by atoms with Crippen LogP contribution in [-0.2, 0) is 4.74 Å². The van der Waals surface area contributed by atoms with Crippen LogP contribution in [-0.4, -0.2) is 12.6 Å². The van der Waals surface area contributed by atoms with E-state index in [9.17, 15) is 4.79 Å². The van der Waals surface area contributed by atoms with E-state index in [1.54, 1.807) is 11.4 Å². The number of esters is 1. The Balaban J connectivity index is 2.41. The van der Waals surface area contributed by atoms with Gasteiger partial charge in [0.2, 0.25) is 0 Å². The molecule has 84 valence electrons. The highest BCUT2D eigenvalue weighted by Crippen LogP contribution is 2.21. The molecule has 0 saturated carbocycles. The molecule has 0 radical (unpaired) electrons. The summed E-state index contributed by atoms with van der Waals surface area (Å²) in [4.78, 5) is 12.0. The first-order valence-corrected chi connectivity index (χ1v) is 5.78. The van der Waals surface area contributed by atoms with Gasteiger partial charge in [-0.05, 0) is 23.3 Å². The van der Waals surface area contributed by atoms with E-state index in [0.717, 1.165) is 6.42 Å². The van der Waals surface area contributed by atoms with Crippen molar-refractivity contribution < 1.29 is 9.53 Å². The summed E-state index contributed by atoms with van der Waals surface area (Å²) in [6.45, 7) is 6.78. The molecular formula is C11H17NO2S. The Hall–Kier alpha value is -1.03. The number of hydrogen-bond acceptors (Lipinski definition) is 4. The van der Waals surface area contributed by atoms with Gasteiger partial charge in [0.25, 0.3) is 0 Å². The molecule has 4 heteroatoms. The number of carbonyl (C=O) groups excluding carboxylic acids is 1. The molecule has 1 aromatic heterocycles. The first-order chi connectivity index (χ1) is 6.90. The van der Waals surface area contributed by atoms with Gasteiger partial charge < -0.3 is 10.5 Å². The highest BCUT2D eigenvalue weighted by molar-refractivity contribution is 7.12. The van der Waals surface area contributed by atoms with Gasteiger partial charge in [0.15, 0.2) is 0 Å². The number of ether oxygens (including phenoxy) is 1.